The fourth-order valence-corrected chi connectivity index (χ4v) is 2.05. The van der Waals surface area contributed by atoms with Gasteiger partial charge in [0.05, 0.1) is 0 Å². The van der Waals surface area contributed by atoms with Crippen LogP contribution >= 0.6 is 0 Å². The summed E-state index contributed by atoms with van der Waals surface area (Å²) in [4.78, 5) is 0. The van der Waals surface area contributed by atoms with Crippen molar-refractivity contribution in [1.82, 2.24) is 0 Å². The fourth-order valence-electron chi connectivity index (χ4n) is 2.05. The number of hydrogen-bond acceptors (Lipinski definition) is 1. The molecule has 0 aliphatic rings. The second-order valence-corrected chi connectivity index (χ2v) is 4.86. The summed E-state index contributed by atoms with van der Waals surface area (Å²) in [5.74, 6) is 0.404. The topological polar surface area (TPSA) is 20.2 Å². The van der Waals surface area contributed by atoms with E-state index in [0.29, 0.717) is 5.75 Å². The first-order chi connectivity index (χ1) is 8.84. The van der Waals surface area contributed by atoms with Crippen molar-refractivity contribution in [3.63, 3.8) is 0 Å². The Labute approximate surface area is 112 Å². The Hall–Kier alpha value is -1.24. The molecule has 0 aromatic heterocycles. The molecule has 0 unspecified atom stereocenters. The van der Waals surface area contributed by atoms with E-state index in [1.165, 1.54) is 44.9 Å². The quantitative estimate of drug-likeness (QED) is 0.466. The highest BCUT2D eigenvalue weighted by atomic mass is 16.3. The Morgan fingerprint density at radius 3 is 2.44 bits per heavy atom. The molecule has 0 spiro atoms. The average Bonchev–Trinajstić information content (AvgIpc) is 2.39. The first-order valence-corrected chi connectivity index (χ1v) is 7.26. The summed E-state index contributed by atoms with van der Waals surface area (Å²) in [7, 11) is 0. The fraction of sp³-hybridized carbons (Fsp3) is 0.529. The Morgan fingerprint density at radius 2 is 1.67 bits per heavy atom. The van der Waals surface area contributed by atoms with Crippen molar-refractivity contribution < 1.29 is 5.11 Å². The standard InChI is InChI=1S/C17H26O/c1-2-3-4-5-6-7-8-9-10-13-16-14-11-12-15-17(16)18/h9-12,14-15,18H,2-8,13H2,1H3. The molecule has 0 heterocycles. The molecule has 1 N–H and O–H groups in total. The molecule has 0 saturated heterocycles. The van der Waals surface area contributed by atoms with Gasteiger partial charge in [0.1, 0.15) is 5.75 Å². The van der Waals surface area contributed by atoms with Gasteiger partial charge in [0.15, 0.2) is 0 Å². The molecule has 1 aromatic carbocycles. The third-order valence-electron chi connectivity index (χ3n) is 3.22. The van der Waals surface area contributed by atoms with Crippen LogP contribution < -0.4 is 0 Å². The van der Waals surface area contributed by atoms with Crippen LogP contribution in [0.1, 0.15) is 57.4 Å². The lowest BCUT2D eigenvalue weighted by Crippen LogP contribution is -1.81. The molecule has 0 aliphatic heterocycles. The minimum Gasteiger partial charge on any atom is -0.508 e. The molecule has 0 fully saturated rings. The molecule has 18 heavy (non-hydrogen) atoms. The summed E-state index contributed by atoms with van der Waals surface area (Å²) in [6, 6.07) is 7.55. The minimum absolute atomic E-state index is 0.404. The van der Waals surface area contributed by atoms with E-state index in [2.05, 4.69) is 19.1 Å². The molecule has 0 atom stereocenters. The monoisotopic (exact) mass is 246 g/mol. The van der Waals surface area contributed by atoms with Crippen molar-refractivity contribution in [2.45, 2.75) is 58.3 Å². The van der Waals surface area contributed by atoms with Crippen molar-refractivity contribution in [2.24, 2.45) is 0 Å². The molecule has 0 radical (unpaired) electrons. The highest BCUT2D eigenvalue weighted by molar-refractivity contribution is 5.33. The van der Waals surface area contributed by atoms with E-state index in [1.54, 1.807) is 6.07 Å². The van der Waals surface area contributed by atoms with Crippen LogP contribution in [0.25, 0.3) is 0 Å². The lowest BCUT2D eigenvalue weighted by atomic mass is 10.1. The first kappa shape index (κ1) is 14.8. The zero-order valence-electron chi connectivity index (χ0n) is 11.6. The molecule has 1 rings (SSSR count). The number of phenolic OH excluding ortho intramolecular Hbond substituents is 1. The number of benzene rings is 1. The largest absolute Gasteiger partial charge is 0.508 e. The molecule has 0 saturated carbocycles. The zero-order chi connectivity index (χ0) is 13.1. The van der Waals surface area contributed by atoms with Crippen molar-refractivity contribution in [2.75, 3.05) is 0 Å². The van der Waals surface area contributed by atoms with E-state index in [0.717, 1.165) is 12.0 Å². The van der Waals surface area contributed by atoms with Gasteiger partial charge in [-0.05, 0) is 30.9 Å². The van der Waals surface area contributed by atoms with Crippen LogP contribution in [0.3, 0.4) is 0 Å². The Balaban J connectivity index is 2.06. The number of hydrogen-bond donors (Lipinski definition) is 1. The Kier molecular flexibility index (Phi) is 8.03. The molecule has 0 amide bonds. The minimum atomic E-state index is 0.404. The SMILES string of the molecule is CCCCCCCCC=CCc1ccccc1O. The van der Waals surface area contributed by atoms with Crippen LogP contribution in [-0.2, 0) is 6.42 Å². The van der Waals surface area contributed by atoms with Gasteiger partial charge in [-0.15, -0.1) is 0 Å². The third kappa shape index (κ3) is 6.48. The van der Waals surface area contributed by atoms with E-state index in [1.807, 2.05) is 18.2 Å². The van der Waals surface area contributed by atoms with Crippen molar-refractivity contribution >= 4 is 0 Å². The molecule has 0 aliphatic carbocycles. The summed E-state index contributed by atoms with van der Waals surface area (Å²) >= 11 is 0. The predicted molar refractivity (Wildman–Crippen MR) is 78.9 cm³/mol. The summed E-state index contributed by atoms with van der Waals surface area (Å²) in [6.07, 6.45) is 14.5. The second kappa shape index (κ2) is 9.76. The van der Waals surface area contributed by atoms with Gasteiger partial charge >= 0.3 is 0 Å². The van der Waals surface area contributed by atoms with Gasteiger partial charge in [0.25, 0.3) is 0 Å². The van der Waals surface area contributed by atoms with Crippen molar-refractivity contribution in [1.29, 1.82) is 0 Å². The molecule has 1 heteroatoms. The van der Waals surface area contributed by atoms with Gasteiger partial charge in [0, 0.05) is 0 Å². The summed E-state index contributed by atoms with van der Waals surface area (Å²) in [5, 5.41) is 9.60. The van der Waals surface area contributed by atoms with E-state index in [-0.39, 0.29) is 0 Å². The lowest BCUT2D eigenvalue weighted by Gasteiger charge is -2.00. The van der Waals surface area contributed by atoms with Crippen molar-refractivity contribution in [3.8, 4) is 5.75 Å². The lowest BCUT2D eigenvalue weighted by molar-refractivity contribution is 0.469. The van der Waals surface area contributed by atoms with Gasteiger partial charge in [-0.2, -0.15) is 0 Å². The number of para-hydroxylation sites is 1. The molecule has 1 aromatic rings. The number of unbranched alkanes of at least 4 members (excludes halogenated alkanes) is 6. The molecular formula is C17H26O. The maximum absolute atomic E-state index is 9.60. The third-order valence-corrected chi connectivity index (χ3v) is 3.22. The zero-order valence-corrected chi connectivity index (χ0v) is 11.6. The summed E-state index contributed by atoms with van der Waals surface area (Å²) in [5.41, 5.74) is 1.01. The number of phenols is 1. The highest BCUT2D eigenvalue weighted by Crippen LogP contribution is 2.16. The van der Waals surface area contributed by atoms with Crippen LogP contribution in [0.5, 0.6) is 5.75 Å². The Morgan fingerprint density at radius 1 is 0.944 bits per heavy atom. The van der Waals surface area contributed by atoms with Crippen molar-refractivity contribution in [3.05, 3.63) is 42.0 Å². The van der Waals surface area contributed by atoms with Gasteiger partial charge in [0.2, 0.25) is 0 Å². The Bertz CT molecular complexity index is 341. The molecule has 100 valence electrons. The summed E-state index contributed by atoms with van der Waals surface area (Å²) in [6.45, 7) is 2.25. The number of rotatable bonds is 9. The first-order valence-electron chi connectivity index (χ1n) is 7.26. The second-order valence-electron chi connectivity index (χ2n) is 4.86. The van der Waals surface area contributed by atoms with E-state index in [9.17, 15) is 5.11 Å². The van der Waals surface area contributed by atoms with Crippen LogP contribution in [0, 0.1) is 0 Å². The maximum Gasteiger partial charge on any atom is 0.119 e. The highest BCUT2D eigenvalue weighted by Gasteiger charge is 1.95. The average molecular weight is 246 g/mol. The maximum atomic E-state index is 9.60. The van der Waals surface area contributed by atoms with E-state index in [4.69, 9.17) is 0 Å². The van der Waals surface area contributed by atoms with Gasteiger partial charge in [-0.1, -0.05) is 69.4 Å². The normalized spacial score (nSPS) is 11.2. The smallest absolute Gasteiger partial charge is 0.119 e. The van der Waals surface area contributed by atoms with Crippen LogP contribution in [0.2, 0.25) is 0 Å². The predicted octanol–water partition coefficient (Wildman–Crippen LogP) is 5.24. The molecule has 1 nitrogen and oxygen atoms in total. The van der Waals surface area contributed by atoms with E-state index >= 15 is 0 Å². The van der Waals surface area contributed by atoms with E-state index < -0.39 is 0 Å². The van der Waals surface area contributed by atoms with Crippen LogP contribution in [-0.4, -0.2) is 5.11 Å². The van der Waals surface area contributed by atoms with Gasteiger partial charge in [-0.25, -0.2) is 0 Å². The van der Waals surface area contributed by atoms with Gasteiger partial charge in [-0.3, -0.25) is 0 Å². The molecule has 0 bridgehead atoms. The van der Waals surface area contributed by atoms with Crippen LogP contribution in [0.4, 0.5) is 0 Å². The number of allylic oxidation sites excluding steroid dienone is 2. The van der Waals surface area contributed by atoms with Gasteiger partial charge < -0.3 is 5.11 Å². The van der Waals surface area contributed by atoms with Crippen LogP contribution in [0.15, 0.2) is 36.4 Å². The number of aromatic hydroxyl groups is 1. The molecular weight excluding hydrogens is 220 g/mol. The summed E-state index contributed by atoms with van der Waals surface area (Å²) < 4.78 is 0.